The van der Waals surface area contributed by atoms with E-state index in [-0.39, 0.29) is 17.4 Å². The van der Waals surface area contributed by atoms with Gasteiger partial charge in [-0.2, -0.15) is 0 Å². The van der Waals surface area contributed by atoms with Crippen molar-refractivity contribution < 1.29 is 9.90 Å². The minimum absolute atomic E-state index is 0.0763. The Bertz CT molecular complexity index is 1050. The number of aliphatic hydroxyl groups excluding tert-OH is 1. The van der Waals surface area contributed by atoms with Crippen molar-refractivity contribution in [3.05, 3.63) is 57.1 Å². The Kier molecular flexibility index (Phi) is 6.28. The molecule has 0 saturated carbocycles. The number of likely N-dealkylation sites (tertiary alicyclic amines) is 1. The number of rotatable bonds is 5. The van der Waals surface area contributed by atoms with Crippen molar-refractivity contribution in [2.75, 3.05) is 6.54 Å². The first kappa shape index (κ1) is 22.1. The van der Waals surface area contributed by atoms with Crippen molar-refractivity contribution in [3.8, 4) is 10.4 Å². The van der Waals surface area contributed by atoms with Gasteiger partial charge in [0, 0.05) is 36.9 Å². The van der Waals surface area contributed by atoms with Crippen LogP contribution >= 0.6 is 22.7 Å². The van der Waals surface area contributed by atoms with E-state index in [1.165, 1.54) is 20.9 Å². The number of hydrogen-bond acceptors (Lipinski definition) is 6. The van der Waals surface area contributed by atoms with E-state index in [1.807, 2.05) is 23.5 Å². The van der Waals surface area contributed by atoms with Crippen LogP contribution in [-0.4, -0.2) is 38.5 Å². The summed E-state index contributed by atoms with van der Waals surface area (Å²) in [6.07, 6.45) is 3.28. The van der Waals surface area contributed by atoms with Crippen molar-refractivity contribution in [1.82, 2.24) is 14.9 Å². The van der Waals surface area contributed by atoms with Crippen LogP contribution in [0.1, 0.15) is 60.8 Å². The van der Waals surface area contributed by atoms with Gasteiger partial charge in [0.2, 0.25) is 5.91 Å². The monoisotopic (exact) mass is 455 g/mol. The van der Waals surface area contributed by atoms with E-state index in [2.05, 4.69) is 55.0 Å². The number of benzene rings is 1. The number of aromatic nitrogens is 2. The second-order valence-corrected chi connectivity index (χ2v) is 11.5. The molecule has 1 amide bonds. The van der Waals surface area contributed by atoms with Gasteiger partial charge in [0.1, 0.15) is 5.01 Å². The molecular formula is C24H29N3O2S2. The first-order chi connectivity index (χ1) is 14.7. The third-order valence-corrected chi connectivity index (χ3v) is 7.55. The lowest BCUT2D eigenvalue weighted by Crippen LogP contribution is -2.34. The van der Waals surface area contributed by atoms with Gasteiger partial charge >= 0.3 is 0 Å². The van der Waals surface area contributed by atoms with Crippen LogP contribution in [0.15, 0.2) is 36.0 Å². The second kappa shape index (κ2) is 8.81. The molecule has 0 bridgehead atoms. The van der Waals surface area contributed by atoms with Crippen LogP contribution in [0.5, 0.6) is 0 Å². The fourth-order valence-electron chi connectivity index (χ4n) is 3.99. The highest BCUT2D eigenvalue weighted by Crippen LogP contribution is 2.37. The van der Waals surface area contributed by atoms with Crippen molar-refractivity contribution in [1.29, 1.82) is 0 Å². The zero-order valence-corrected chi connectivity index (χ0v) is 20.1. The predicted octanol–water partition coefficient (Wildman–Crippen LogP) is 5.24. The molecule has 0 radical (unpaired) electrons. The highest BCUT2D eigenvalue weighted by molar-refractivity contribution is 7.13. The minimum atomic E-state index is -0.482. The Hall–Kier alpha value is -2.09. The molecule has 7 heteroatoms. The molecule has 3 heterocycles. The van der Waals surface area contributed by atoms with Crippen LogP contribution in [0.2, 0.25) is 0 Å². The number of β-amino-alcohol motifs (C(OH)–C–C–N with tert-alkyl or cyclic N) is 1. The number of hydrogen-bond donors (Lipinski definition) is 1. The van der Waals surface area contributed by atoms with Gasteiger partial charge < -0.3 is 10.0 Å². The summed E-state index contributed by atoms with van der Waals surface area (Å²) in [5.74, 6) is 0.0970. The molecule has 5 nitrogen and oxygen atoms in total. The predicted molar refractivity (Wildman–Crippen MR) is 126 cm³/mol. The van der Waals surface area contributed by atoms with E-state index in [0.717, 1.165) is 17.1 Å². The second-order valence-electron chi connectivity index (χ2n) is 9.49. The van der Waals surface area contributed by atoms with E-state index >= 15 is 0 Å². The molecule has 0 spiro atoms. The Morgan fingerprint density at radius 2 is 1.97 bits per heavy atom. The summed E-state index contributed by atoms with van der Waals surface area (Å²) in [4.78, 5) is 26.0. The van der Waals surface area contributed by atoms with Gasteiger partial charge in [-0.1, -0.05) is 45.0 Å². The van der Waals surface area contributed by atoms with Crippen molar-refractivity contribution in [2.24, 2.45) is 5.41 Å². The summed E-state index contributed by atoms with van der Waals surface area (Å²) < 4.78 is 0. The van der Waals surface area contributed by atoms with Crippen LogP contribution < -0.4 is 0 Å². The lowest BCUT2D eigenvalue weighted by Gasteiger charge is -2.26. The molecule has 1 aromatic carbocycles. The maximum atomic E-state index is 12.8. The lowest BCUT2D eigenvalue weighted by molar-refractivity contribution is -0.134. The Balaban J connectivity index is 1.46. The van der Waals surface area contributed by atoms with E-state index in [9.17, 15) is 9.90 Å². The zero-order chi connectivity index (χ0) is 22.2. The zero-order valence-electron chi connectivity index (χ0n) is 18.5. The van der Waals surface area contributed by atoms with Gasteiger partial charge in [-0.15, -0.1) is 22.7 Å². The molecule has 1 N–H and O–H groups in total. The van der Waals surface area contributed by atoms with E-state index in [4.69, 9.17) is 0 Å². The van der Waals surface area contributed by atoms with Gasteiger partial charge in [-0.05, 0) is 23.5 Å². The van der Waals surface area contributed by atoms with Crippen molar-refractivity contribution in [2.45, 2.75) is 59.1 Å². The SMILES string of the molecule is Cc1ncsc1-c1ccc(Cc2cnc([C@@H]3C[C@@H](O)CN3C(=O)CC(C)(C)C)s2)cc1. The van der Waals surface area contributed by atoms with Gasteiger partial charge in [0.15, 0.2) is 0 Å². The Morgan fingerprint density at radius 3 is 2.61 bits per heavy atom. The van der Waals surface area contributed by atoms with E-state index < -0.39 is 6.10 Å². The molecule has 4 rings (SSSR count). The number of thiazole rings is 2. The molecular weight excluding hydrogens is 426 g/mol. The maximum absolute atomic E-state index is 12.8. The lowest BCUT2D eigenvalue weighted by atomic mass is 9.91. The molecule has 1 saturated heterocycles. The summed E-state index contributed by atoms with van der Waals surface area (Å²) in [6, 6.07) is 8.50. The average molecular weight is 456 g/mol. The molecule has 0 aliphatic carbocycles. The third kappa shape index (κ3) is 5.22. The molecule has 3 aromatic rings. The van der Waals surface area contributed by atoms with Gasteiger partial charge in [0.25, 0.3) is 0 Å². The topological polar surface area (TPSA) is 66.3 Å². The molecule has 2 atom stereocenters. The molecule has 2 aromatic heterocycles. The quantitative estimate of drug-likeness (QED) is 0.572. The summed E-state index contributed by atoms with van der Waals surface area (Å²) in [7, 11) is 0. The minimum Gasteiger partial charge on any atom is -0.391 e. The Morgan fingerprint density at radius 1 is 1.23 bits per heavy atom. The molecule has 0 unspecified atom stereocenters. The molecule has 31 heavy (non-hydrogen) atoms. The van der Waals surface area contributed by atoms with Gasteiger partial charge in [-0.25, -0.2) is 9.97 Å². The van der Waals surface area contributed by atoms with Gasteiger partial charge in [-0.3, -0.25) is 4.79 Å². The normalized spacial score (nSPS) is 19.2. The van der Waals surface area contributed by atoms with Crippen LogP contribution in [0.3, 0.4) is 0 Å². The highest BCUT2D eigenvalue weighted by Gasteiger charge is 2.37. The summed E-state index contributed by atoms with van der Waals surface area (Å²) in [5.41, 5.74) is 5.30. The molecule has 1 aliphatic rings. The summed E-state index contributed by atoms with van der Waals surface area (Å²) in [5, 5.41) is 11.1. The number of amides is 1. The number of nitrogens with zero attached hydrogens (tertiary/aromatic N) is 3. The molecule has 1 fully saturated rings. The fraction of sp³-hybridized carbons (Fsp3) is 0.458. The highest BCUT2D eigenvalue weighted by atomic mass is 32.1. The fourth-order valence-corrected chi connectivity index (χ4v) is 5.88. The molecule has 164 valence electrons. The van der Waals surface area contributed by atoms with Crippen LogP contribution in [0, 0.1) is 12.3 Å². The van der Waals surface area contributed by atoms with Crippen molar-refractivity contribution in [3.63, 3.8) is 0 Å². The first-order valence-corrected chi connectivity index (χ1v) is 12.3. The Labute approximate surface area is 191 Å². The van der Waals surface area contributed by atoms with Gasteiger partial charge in [0.05, 0.1) is 28.2 Å². The number of aryl methyl sites for hydroxylation is 1. The smallest absolute Gasteiger partial charge is 0.223 e. The van der Waals surface area contributed by atoms with Crippen LogP contribution in [0.4, 0.5) is 0 Å². The third-order valence-electron chi connectivity index (χ3n) is 5.48. The average Bonchev–Trinajstić information content (AvgIpc) is 3.41. The van der Waals surface area contributed by atoms with Crippen LogP contribution in [-0.2, 0) is 11.2 Å². The maximum Gasteiger partial charge on any atom is 0.223 e. The van der Waals surface area contributed by atoms with Crippen molar-refractivity contribution >= 4 is 28.6 Å². The number of carbonyl (C=O) groups is 1. The van der Waals surface area contributed by atoms with Crippen LogP contribution in [0.25, 0.3) is 10.4 Å². The number of aliphatic hydroxyl groups is 1. The standard InChI is InChI=1S/C24H29N3O2S2/c1-15-22(30-14-26-15)17-7-5-16(6-8-17)9-19-12-25-23(31-19)20-10-18(28)13-27(20)21(29)11-24(2,3)4/h5-8,12,14,18,20,28H,9-11,13H2,1-4H3/t18-,20+/m1/s1. The number of carbonyl (C=O) groups excluding carboxylic acids is 1. The molecule has 1 aliphatic heterocycles. The van der Waals surface area contributed by atoms with E-state index in [1.54, 1.807) is 22.7 Å². The van der Waals surface area contributed by atoms with E-state index in [0.29, 0.717) is 19.4 Å². The summed E-state index contributed by atoms with van der Waals surface area (Å²) >= 11 is 3.31. The first-order valence-electron chi connectivity index (χ1n) is 10.6. The summed E-state index contributed by atoms with van der Waals surface area (Å²) in [6.45, 7) is 8.63. The largest absolute Gasteiger partial charge is 0.391 e.